The molecule has 0 saturated carbocycles. The van der Waals surface area contributed by atoms with Crippen molar-refractivity contribution in [3.8, 4) is 5.75 Å². The van der Waals surface area contributed by atoms with E-state index in [9.17, 15) is 18.0 Å². The van der Waals surface area contributed by atoms with E-state index in [-0.39, 0.29) is 52.0 Å². The molecule has 29 heavy (non-hydrogen) atoms. The fraction of sp³-hybridized carbons (Fsp3) is 0.250. The van der Waals surface area contributed by atoms with Crippen LogP contribution in [0.25, 0.3) is 4.72 Å². The molecule has 13 heteroatoms. The van der Waals surface area contributed by atoms with Crippen molar-refractivity contribution in [2.45, 2.75) is 26.9 Å². The molecule has 2 rings (SSSR count). The monoisotopic (exact) mass is 450 g/mol. The summed E-state index contributed by atoms with van der Waals surface area (Å²) in [5.41, 5.74) is 0.316. The van der Waals surface area contributed by atoms with Gasteiger partial charge in [0.15, 0.2) is 11.8 Å². The molecule has 0 saturated heterocycles. The van der Waals surface area contributed by atoms with Gasteiger partial charge in [-0.25, -0.2) is 14.8 Å². The van der Waals surface area contributed by atoms with Gasteiger partial charge >= 0.3 is 45.8 Å². The quantitative estimate of drug-likeness (QED) is 0.375. The number of nitrogens with zero attached hydrogens (tertiary/aromatic N) is 3. The Labute approximate surface area is 194 Å². The SMILES string of the molecule is Cc1cc(Cl)nc(NC(=O)[N-]S(=O)(=O)Oc2ccccc2C(=O)OC(C)C)n1.[Na+]. The molecule has 2 amide bonds. The standard InChI is InChI=1S/C16H17ClN4O6S.Na/c1-9(2)26-14(22)11-6-4-5-7-12(11)27-28(24,25)21-16(23)20-15-18-10(3)8-13(17)19-15;/h4-9H,1-3H3,(H2,18,19,20,21,23);/q;+1/p-1. The third-order valence-electron chi connectivity index (χ3n) is 2.88. The van der Waals surface area contributed by atoms with E-state index in [1.807, 2.05) is 0 Å². The van der Waals surface area contributed by atoms with Gasteiger partial charge in [0.1, 0.15) is 16.7 Å². The number of rotatable bonds is 6. The van der Waals surface area contributed by atoms with E-state index in [0.29, 0.717) is 5.69 Å². The molecule has 1 N–H and O–H groups in total. The fourth-order valence-corrected chi connectivity index (χ4v) is 2.82. The first-order chi connectivity index (χ1) is 13.1. The van der Waals surface area contributed by atoms with Gasteiger partial charge in [-0.1, -0.05) is 23.7 Å². The molecule has 0 spiro atoms. The van der Waals surface area contributed by atoms with Crippen LogP contribution in [-0.4, -0.2) is 36.5 Å². The summed E-state index contributed by atoms with van der Waals surface area (Å²) in [7, 11) is -4.74. The predicted molar refractivity (Wildman–Crippen MR) is 101 cm³/mol. The first kappa shape index (κ1) is 25.1. The number of benzene rings is 1. The van der Waals surface area contributed by atoms with Gasteiger partial charge in [-0.05, 0) is 39.0 Å². The van der Waals surface area contributed by atoms with E-state index < -0.39 is 28.4 Å². The number of urea groups is 1. The minimum absolute atomic E-state index is 0. The molecule has 10 nitrogen and oxygen atoms in total. The Kier molecular flexibility index (Phi) is 9.30. The van der Waals surface area contributed by atoms with Crippen LogP contribution >= 0.6 is 11.6 Å². The second kappa shape index (κ2) is 10.7. The summed E-state index contributed by atoms with van der Waals surface area (Å²) in [6, 6.07) is 5.63. The van der Waals surface area contributed by atoms with Crippen LogP contribution in [-0.2, 0) is 15.0 Å². The number of carbonyl (C=O) groups is 2. The molecule has 0 aliphatic rings. The number of anilines is 1. The molecule has 0 atom stereocenters. The zero-order chi connectivity index (χ0) is 20.9. The Balaban J connectivity index is 0.00000420. The summed E-state index contributed by atoms with van der Waals surface area (Å²) in [4.78, 5) is 31.5. The molecule has 0 radical (unpaired) electrons. The smallest absolute Gasteiger partial charge is 0.459 e. The predicted octanol–water partition coefficient (Wildman–Crippen LogP) is 0.237. The number of carbonyl (C=O) groups excluding carboxylic acids is 2. The van der Waals surface area contributed by atoms with Crippen LogP contribution < -0.4 is 39.1 Å². The van der Waals surface area contributed by atoms with Gasteiger partial charge in [-0.3, -0.25) is 9.52 Å². The number of para-hydroxylation sites is 1. The van der Waals surface area contributed by atoms with Gasteiger partial charge in [0.25, 0.3) is 0 Å². The first-order valence-electron chi connectivity index (χ1n) is 7.85. The van der Waals surface area contributed by atoms with Crippen LogP contribution in [0.2, 0.25) is 5.15 Å². The van der Waals surface area contributed by atoms with E-state index in [0.717, 1.165) is 0 Å². The molecular weight excluding hydrogens is 435 g/mol. The third-order valence-corrected chi connectivity index (χ3v) is 3.85. The molecule has 0 bridgehead atoms. The number of halogens is 1. The van der Waals surface area contributed by atoms with Crippen molar-refractivity contribution in [3.63, 3.8) is 0 Å². The summed E-state index contributed by atoms with van der Waals surface area (Å²) >= 11 is 5.74. The van der Waals surface area contributed by atoms with Crippen LogP contribution in [0.15, 0.2) is 30.3 Å². The maximum atomic E-state index is 12.1. The average molecular weight is 451 g/mol. The van der Waals surface area contributed by atoms with Crippen LogP contribution in [0, 0.1) is 6.92 Å². The van der Waals surface area contributed by atoms with Gasteiger partial charge in [-0.15, -0.1) is 0 Å². The Morgan fingerprint density at radius 2 is 1.86 bits per heavy atom. The number of aromatic nitrogens is 2. The zero-order valence-electron chi connectivity index (χ0n) is 16.0. The van der Waals surface area contributed by atoms with Gasteiger partial charge in [-0.2, -0.15) is 8.42 Å². The van der Waals surface area contributed by atoms with Crippen LogP contribution in [0.4, 0.5) is 10.7 Å². The number of hydrogen-bond acceptors (Lipinski definition) is 8. The van der Waals surface area contributed by atoms with Crippen molar-refractivity contribution in [1.82, 2.24) is 9.97 Å². The van der Waals surface area contributed by atoms with Crippen molar-refractivity contribution in [3.05, 3.63) is 51.5 Å². The number of nitrogens with one attached hydrogen (secondary N) is 1. The molecule has 150 valence electrons. The number of amides is 2. The van der Waals surface area contributed by atoms with Crippen molar-refractivity contribution in [1.29, 1.82) is 0 Å². The van der Waals surface area contributed by atoms with Crippen LogP contribution in [0.3, 0.4) is 0 Å². The molecular formula is C16H16ClN4NaO6S. The molecule has 0 aliphatic heterocycles. The normalized spacial score (nSPS) is 10.7. The fourth-order valence-electron chi connectivity index (χ4n) is 1.92. The van der Waals surface area contributed by atoms with Gasteiger partial charge in [0.2, 0.25) is 0 Å². The summed E-state index contributed by atoms with van der Waals surface area (Å²) in [6.45, 7) is 4.88. The van der Waals surface area contributed by atoms with Gasteiger partial charge < -0.3 is 14.2 Å². The van der Waals surface area contributed by atoms with Gasteiger partial charge in [0, 0.05) is 5.69 Å². The summed E-state index contributed by atoms with van der Waals surface area (Å²) in [5, 5.41) is 2.12. The zero-order valence-corrected chi connectivity index (χ0v) is 19.6. The molecule has 0 aliphatic carbocycles. The summed E-state index contributed by atoms with van der Waals surface area (Å²) < 4.78 is 36.9. The maximum absolute atomic E-state index is 12.1. The molecule has 0 unspecified atom stereocenters. The Morgan fingerprint density at radius 1 is 1.21 bits per heavy atom. The van der Waals surface area contributed by atoms with Crippen LogP contribution in [0.1, 0.15) is 29.9 Å². The van der Waals surface area contributed by atoms with Crippen molar-refractivity contribution in [2.75, 3.05) is 5.32 Å². The van der Waals surface area contributed by atoms with Crippen molar-refractivity contribution < 1.29 is 56.5 Å². The molecule has 0 fully saturated rings. The topological polar surface area (TPSA) is 139 Å². The van der Waals surface area contributed by atoms with Crippen molar-refractivity contribution in [2.24, 2.45) is 0 Å². The number of ether oxygens (including phenoxy) is 1. The molecule has 2 aromatic rings. The second-order valence-corrected chi connectivity index (χ2v) is 7.23. The van der Waals surface area contributed by atoms with E-state index in [2.05, 4.69) is 20.0 Å². The molecule has 1 heterocycles. The molecule has 1 aromatic heterocycles. The first-order valence-corrected chi connectivity index (χ1v) is 9.59. The molecule has 1 aromatic carbocycles. The Morgan fingerprint density at radius 3 is 2.48 bits per heavy atom. The van der Waals surface area contributed by atoms with Crippen molar-refractivity contribution >= 4 is 39.9 Å². The third kappa shape index (κ3) is 8.15. The van der Waals surface area contributed by atoms with E-state index in [4.69, 9.17) is 20.5 Å². The second-order valence-electron chi connectivity index (χ2n) is 5.64. The number of hydrogen-bond donors (Lipinski definition) is 1. The largest absolute Gasteiger partial charge is 1.00 e. The number of esters is 1. The van der Waals surface area contributed by atoms with E-state index >= 15 is 0 Å². The van der Waals surface area contributed by atoms with E-state index in [1.165, 1.54) is 30.3 Å². The average Bonchev–Trinajstić information content (AvgIpc) is 2.52. The summed E-state index contributed by atoms with van der Waals surface area (Å²) in [6.07, 6.45) is -0.422. The van der Waals surface area contributed by atoms with Crippen LogP contribution in [0.5, 0.6) is 5.75 Å². The minimum Gasteiger partial charge on any atom is -0.459 e. The van der Waals surface area contributed by atoms with E-state index in [1.54, 1.807) is 20.8 Å². The minimum atomic E-state index is -4.74. The Bertz CT molecular complexity index is 982. The summed E-state index contributed by atoms with van der Waals surface area (Å²) in [5.74, 6) is -1.34. The maximum Gasteiger partial charge on any atom is 1.00 e. The number of aryl methyl sites for hydroxylation is 1. The van der Waals surface area contributed by atoms with Gasteiger partial charge in [0.05, 0.1) is 6.10 Å². The Hall–Kier alpha value is -1.92.